The number of ether oxygens (including phenoxy) is 1. The van der Waals surface area contributed by atoms with E-state index < -0.39 is 5.41 Å². The zero-order chi connectivity index (χ0) is 13.8. The van der Waals surface area contributed by atoms with E-state index in [4.69, 9.17) is 10.5 Å². The van der Waals surface area contributed by atoms with Crippen molar-refractivity contribution in [1.29, 1.82) is 0 Å². The Morgan fingerprint density at radius 2 is 2.00 bits per heavy atom. The van der Waals surface area contributed by atoms with Crippen LogP contribution in [0.5, 0.6) is 0 Å². The molecular formula is C13H24N2O3. The molecule has 0 spiro atoms. The molecule has 104 valence electrons. The van der Waals surface area contributed by atoms with Crippen LogP contribution in [0, 0.1) is 5.41 Å². The lowest BCUT2D eigenvalue weighted by Gasteiger charge is -2.43. The third kappa shape index (κ3) is 3.02. The Morgan fingerprint density at radius 3 is 2.33 bits per heavy atom. The van der Waals surface area contributed by atoms with E-state index in [1.807, 2.05) is 13.8 Å². The van der Waals surface area contributed by atoms with Crippen molar-refractivity contribution < 1.29 is 14.3 Å². The molecule has 1 aliphatic carbocycles. The van der Waals surface area contributed by atoms with E-state index in [0.29, 0.717) is 13.2 Å². The van der Waals surface area contributed by atoms with E-state index in [2.05, 4.69) is 0 Å². The molecule has 0 atom stereocenters. The van der Waals surface area contributed by atoms with Gasteiger partial charge in [0.1, 0.15) is 6.54 Å². The average molecular weight is 256 g/mol. The molecule has 0 saturated heterocycles. The van der Waals surface area contributed by atoms with Gasteiger partial charge >= 0.3 is 5.97 Å². The predicted octanol–water partition coefficient (Wildman–Crippen LogP) is 0.915. The molecule has 0 heterocycles. The number of esters is 1. The van der Waals surface area contributed by atoms with Crippen molar-refractivity contribution in [3.63, 3.8) is 0 Å². The van der Waals surface area contributed by atoms with Crippen molar-refractivity contribution >= 4 is 11.9 Å². The van der Waals surface area contributed by atoms with Gasteiger partial charge in [0.25, 0.3) is 0 Å². The van der Waals surface area contributed by atoms with Gasteiger partial charge in [-0.3, -0.25) is 9.59 Å². The van der Waals surface area contributed by atoms with Gasteiger partial charge < -0.3 is 15.4 Å². The van der Waals surface area contributed by atoms with Crippen LogP contribution < -0.4 is 5.73 Å². The summed E-state index contributed by atoms with van der Waals surface area (Å²) in [7, 11) is 0. The molecule has 2 N–H and O–H groups in total. The van der Waals surface area contributed by atoms with Gasteiger partial charge in [-0.05, 0) is 33.6 Å². The fourth-order valence-corrected chi connectivity index (χ4v) is 2.25. The zero-order valence-electron chi connectivity index (χ0n) is 11.6. The normalized spacial score (nSPS) is 17.2. The second-order valence-electron chi connectivity index (χ2n) is 5.17. The van der Waals surface area contributed by atoms with Gasteiger partial charge in [-0.25, -0.2) is 0 Å². The molecular weight excluding hydrogens is 232 g/mol. The number of nitrogens with zero attached hydrogens (tertiary/aromatic N) is 1. The molecule has 0 aromatic carbocycles. The van der Waals surface area contributed by atoms with E-state index >= 15 is 0 Å². The fourth-order valence-electron chi connectivity index (χ4n) is 2.25. The Kier molecular flexibility index (Phi) is 5.14. The molecule has 5 heteroatoms. The summed E-state index contributed by atoms with van der Waals surface area (Å²) in [6, 6.07) is -0.0223. The van der Waals surface area contributed by atoms with Crippen LogP contribution in [-0.2, 0) is 14.3 Å². The summed E-state index contributed by atoms with van der Waals surface area (Å²) in [6.07, 6.45) is 2.69. The second-order valence-corrected chi connectivity index (χ2v) is 5.17. The molecule has 1 fully saturated rings. The maximum absolute atomic E-state index is 12.5. The highest BCUT2D eigenvalue weighted by Gasteiger charge is 2.45. The molecule has 5 nitrogen and oxygen atoms in total. The van der Waals surface area contributed by atoms with Gasteiger partial charge in [-0.2, -0.15) is 0 Å². The molecule has 0 bridgehead atoms. The first kappa shape index (κ1) is 15.0. The molecule has 0 aromatic heterocycles. The molecule has 1 aliphatic rings. The molecule has 1 rings (SSSR count). The van der Waals surface area contributed by atoms with Crippen LogP contribution in [0.25, 0.3) is 0 Å². The standard InChI is InChI=1S/C13H24N2O3/c1-4-18-11(16)8-15(10(2)3)12(17)13(9-14)6-5-7-13/h10H,4-9,14H2,1-3H3. The Hall–Kier alpha value is -1.10. The van der Waals surface area contributed by atoms with Gasteiger partial charge in [0.05, 0.1) is 12.0 Å². The maximum atomic E-state index is 12.5. The third-order valence-corrected chi connectivity index (χ3v) is 3.64. The van der Waals surface area contributed by atoms with Crippen LogP contribution in [0.3, 0.4) is 0 Å². The SMILES string of the molecule is CCOC(=O)CN(C(=O)C1(CN)CCC1)C(C)C. The van der Waals surface area contributed by atoms with Crippen molar-refractivity contribution in [3.05, 3.63) is 0 Å². The number of hydrogen-bond acceptors (Lipinski definition) is 4. The van der Waals surface area contributed by atoms with Gasteiger partial charge in [0.2, 0.25) is 5.91 Å². The maximum Gasteiger partial charge on any atom is 0.325 e. The highest BCUT2D eigenvalue weighted by Crippen LogP contribution is 2.41. The Balaban J connectivity index is 2.72. The van der Waals surface area contributed by atoms with E-state index in [0.717, 1.165) is 19.3 Å². The molecule has 0 aromatic rings. The predicted molar refractivity (Wildman–Crippen MR) is 68.8 cm³/mol. The summed E-state index contributed by atoms with van der Waals surface area (Å²) < 4.78 is 4.91. The fraction of sp³-hybridized carbons (Fsp3) is 0.846. The number of rotatable bonds is 6. The van der Waals surface area contributed by atoms with Gasteiger partial charge in [-0.1, -0.05) is 6.42 Å². The summed E-state index contributed by atoms with van der Waals surface area (Å²) in [6.45, 7) is 6.28. The van der Waals surface area contributed by atoms with Crippen molar-refractivity contribution in [3.8, 4) is 0 Å². The zero-order valence-corrected chi connectivity index (χ0v) is 11.6. The van der Waals surface area contributed by atoms with Crippen molar-refractivity contribution in [2.24, 2.45) is 11.1 Å². The smallest absolute Gasteiger partial charge is 0.325 e. The van der Waals surface area contributed by atoms with Crippen molar-refractivity contribution in [1.82, 2.24) is 4.90 Å². The number of nitrogens with two attached hydrogens (primary N) is 1. The highest BCUT2D eigenvalue weighted by molar-refractivity contribution is 5.87. The molecule has 0 radical (unpaired) electrons. The Bertz CT molecular complexity index is 306. The minimum atomic E-state index is -0.434. The summed E-state index contributed by atoms with van der Waals surface area (Å²) >= 11 is 0. The summed E-state index contributed by atoms with van der Waals surface area (Å²) in [4.78, 5) is 25.6. The number of carbonyl (C=O) groups is 2. The molecule has 1 amide bonds. The average Bonchev–Trinajstić information content (AvgIpc) is 2.25. The van der Waals surface area contributed by atoms with Crippen LogP contribution in [0.4, 0.5) is 0 Å². The molecule has 0 unspecified atom stereocenters. The minimum Gasteiger partial charge on any atom is -0.465 e. The van der Waals surface area contributed by atoms with Crippen molar-refractivity contribution in [2.45, 2.75) is 46.1 Å². The van der Waals surface area contributed by atoms with Gasteiger partial charge in [-0.15, -0.1) is 0 Å². The van der Waals surface area contributed by atoms with Crippen LogP contribution in [0.1, 0.15) is 40.0 Å². The Morgan fingerprint density at radius 1 is 1.39 bits per heavy atom. The van der Waals surface area contributed by atoms with E-state index in [9.17, 15) is 9.59 Å². The molecule has 0 aliphatic heterocycles. The van der Waals surface area contributed by atoms with E-state index in [1.165, 1.54) is 0 Å². The van der Waals surface area contributed by atoms with Gasteiger partial charge in [0.15, 0.2) is 0 Å². The summed E-state index contributed by atoms with van der Waals surface area (Å²) in [5.41, 5.74) is 5.30. The van der Waals surface area contributed by atoms with Crippen LogP contribution in [0.2, 0.25) is 0 Å². The summed E-state index contributed by atoms with van der Waals surface area (Å²) in [5.74, 6) is -0.356. The lowest BCUT2D eigenvalue weighted by Crippen LogP contribution is -2.55. The largest absolute Gasteiger partial charge is 0.465 e. The van der Waals surface area contributed by atoms with Crippen molar-refractivity contribution in [2.75, 3.05) is 19.7 Å². The number of amides is 1. The first-order chi connectivity index (χ1) is 8.46. The minimum absolute atomic E-state index is 0.000645. The number of hydrogen-bond donors (Lipinski definition) is 1. The Labute approximate surface area is 109 Å². The lowest BCUT2D eigenvalue weighted by atomic mass is 9.67. The van der Waals surface area contributed by atoms with E-state index in [-0.39, 0.29) is 24.5 Å². The topological polar surface area (TPSA) is 72.6 Å². The second kappa shape index (κ2) is 6.18. The first-order valence-electron chi connectivity index (χ1n) is 6.63. The van der Waals surface area contributed by atoms with Crippen LogP contribution in [-0.4, -0.2) is 42.5 Å². The highest BCUT2D eigenvalue weighted by atomic mass is 16.5. The quantitative estimate of drug-likeness (QED) is 0.717. The molecule has 18 heavy (non-hydrogen) atoms. The summed E-state index contributed by atoms with van der Waals surface area (Å²) in [5, 5.41) is 0. The van der Waals surface area contributed by atoms with Crippen LogP contribution in [0.15, 0.2) is 0 Å². The number of carbonyl (C=O) groups excluding carboxylic acids is 2. The van der Waals surface area contributed by atoms with E-state index in [1.54, 1.807) is 11.8 Å². The monoisotopic (exact) mass is 256 g/mol. The van der Waals surface area contributed by atoms with Crippen LogP contribution >= 0.6 is 0 Å². The third-order valence-electron chi connectivity index (χ3n) is 3.64. The molecule has 1 saturated carbocycles. The lowest BCUT2D eigenvalue weighted by molar-refractivity contribution is -0.157. The van der Waals surface area contributed by atoms with Gasteiger partial charge in [0, 0.05) is 12.6 Å². The first-order valence-corrected chi connectivity index (χ1v) is 6.63.